The molecule has 0 aromatic heterocycles. The highest BCUT2D eigenvalue weighted by molar-refractivity contribution is 6.35. The van der Waals surface area contributed by atoms with Gasteiger partial charge >= 0.3 is 0 Å². The molecule has 1 rings (SSSR count). The SMILES string of the molecule is CCCCC(C)(CC)C(=O)COc1ccc(Cl)cc1Cl. The third kappa shape index (κ3) is 4.68. The first-order valence-corrected chi connectivity index (χ1v) is 7.79. The van der Waals surface area contributed by atoms with Crippen molar-refractivity contribution in [2.75, 3.05) is 6.61 Å². The minimum absolute atomic E-state index is 0.0510. The van der Waals surface area contributed by atoms with Crippen molar-refractivity contribution in [2.45, 2.75) is 46.5 Å². The van der Waals surface area contributed by atoms with E-state index in [0.29, 0.717) is 15.8 Å². The van der Waals surface area contributed by atoms with E-state index in [1.165, 1.54) is 0 Å². The average Bonchev–Trinajstić information content (AvgIpc) is 2.43. The number of hydrogen-bond donors (Lipinski definition) is 0. The summed E-state index contributed by atoms with van der Waals surface area (Å²) in [5, 5.41) is 0.979. The molecule has 1 aromatic carbocycles. The van der Waals surface area contributed by atoms with E-state index in [2.05, 4.69) is 6.92 Å². The quantitative estimate of drug-likeness (QED) is 0.628. The summed E-state index contributed by atoms with van der Waals surface area (Å²) in [6, 6.07) is 5.00. The molecule has 1 atom stereocenters. The molecule has 0 amide bonds. The van der Waals surface area contributed by atoms with E-state index in [4.69, 9.17) is 27.9 Å². The molecule has 0 aliphatic rings. The molecule has 0 aliphatic heterocycles. The Bertz CT molecular complexity index is 460. The van der Waals surface area contributed by atoms with Crippen LogP contribution < -0.4 is 4.74 Å². The Balaban J connectivity index is 2.65. The van der Waals surface area contributed by atoms with Gasteiger partial charge in [-0.3, -0.25) is 4.79 Å². The fraction of sp³-hybridized carbons (Fsp3) is 0.562. The monoisotopic (exact) mass is 316 g/mol. The van der Waals surface area contributed by atoms with Crippen molar-refractivity contribution in [3.63, 3.8) is 0 Å². The molecule has 0 N–H and O–H groups in total. The van der Waals surface area contributed by atoms with Crippen molar-refractivity contribution in [1.82, 2.24) is 0 Å². The highest BCUT2D eigenvalue weighted by Gasteiger charge is 2.30. The van der Waals surface area contributed by atoms with E-state index in [0.717, 1.165) is 25.7 Å². The number of ether oxygens (including phenoxy) is 1. The lowest BCUT2D eigenvalue weighted by Gasteiger charge is -2.26. The van der Waals surface area contributed by atoms with Gasteiger partial charge in [0.15, 0.2) is 5.78 Å². The number of Topliss-reactive ketones (excluding diaryl/α,β-unsaturated/α-hetero) is 1. The molecular formula is C16H22Cl2O2. The Kier molecular flexibility index (Phi) is 6.84. The molecule has 0 saturated carbocycles. The summed E-state index contributed by atoms with van der Waals surface area (Å²) in [4.78, 5) is 12.4. The molecule has 20 heavy (non-hydrogen) atoms. The maximum atomic E-state index is 12.4. The number of carbonyl (C=O) groups is 1. The van der Waals surface area contributed by atoms with Crippen molar-refractivity contribution >= 4 is 29.0 Å². The van der Waals surface area contributed by atoms with Gasteiger partial charge in [0.2, 0.25) is 0 Å². The number of benzene rings is 1. The molecule has 0 aliphatic carbocycles. The van der Waals surface area contributed by atoms with Crippen LogP contribution in [0.15, 0.2) is 18.2 Å². The van der Waals surface area contributed by atoms with Crippen molar-refractivity contribution in [2.24, 2.45) is 5.41 Å². The Labute approximate surface area is 131 Å². The smallest absolute Gasteiger partial charge is 0.176 e. The number of halogens is 2. The fourth-order valence-corrected chi connectivity index (χ4v) is 2.45. The van der Waals surface area contributed by atoms with Gasteiger partial charge in [0.05, 0.1) is 5.02 Å². The van der Waals surface area contributed by atoms with Gasteiger partial charge in [-0.1, -0.05) is 56.8 Å². The van der Waals surface area contributed by atoms with Crippen molar-refractivity contribution in [3.8, 4) is 5.75 Å². The highest BCUT2D eigenvalue weighted by atomic mass is 35.5. The van der Waals surface area contributed by atoms with Crippen LogP contribution in [-0.4, -0.2) is 12.4 Å². The van der Waals surface area contributed by atoms with Gasteiger partial charge in [0.25, 0.3) is 0 Å². The van der Waals surface area contributed by atoms with Gasteiger partial charge < -0.3 is 4.74 Å². The highest BCUT2D eigenvalue weighted by Crippen LogP contribution is 2.31. The lowest BCUT2D eigenvalue weighted by atomic mass is 9.78. The third-order valence-corrected chi connectivity index (χ3v) is 4.32. The second kappa shape index (κ2) is 7.90. The zero-order valence-electron chi connectivity index (χ0n) is 12.3. The number of hydrogen-bond acceptors (Lipinski definition) is 2. The van der Waals surface area contributed by atoms with E-state index in [1.807, 2.05) is 13.8 Å². The number of carbonyl (C=O) groups excluding carboxylic acids is 1. The first kappa shape index (κ1) is 17.3. The topological polar surface area (TPSA) is 26.3 Å². The summed E-state index contributed by atoms with van der Waals surface area (Å²) < 4.78 is 5.54. The average molecular weight is 317 g/mol. The fourth-order valence-electron chi connectivity index (χ4n) is 1.99. The van der Waals surface area contributed by atoms with E-state index in [9.17, 15) is 4.79 Å². The summed E-state index contributed by atoms with van der Waals surface area (Å²) in [5.41, 5.74) is -0.311. The molecule has 2 nitrogen and oxygen atoms in total. The van der Waals surface area contributed by atoms with E-state index in [1.54, 1.807) is 18.2 Å². The van der Waals surface area contributed by atoms with Crippen LogP contribution in [0.5, 0.6) is 5.75 Å². The van der Waals surface area contributed by atoms with Crippen LogP contribution in [0, 0.1) is 5.41 Å². The van der Waals surface area contributed by atoms with Crippen LogP contribution in [0.25, 0.3) is 0 Å². The molecule has 0 spiro atoms. The van der Waals surface area contributed by atoms with Gasteiger partial charge in [-0.05, 0) is 31.0 Å². The molecule has 0 fully saturated rings. The zero-order chi connectivity index (χ0) is 15.2. The predicted octanol–water partition coefficient (Wildman–Crippen LogP) is 5.55. The summed E-state index contributed by atoms with van der Waals surface area (Å²) in [6.45, 7) is 6.24. The molecule has 0 heterocycles. The summed E-state index contributed by atoms with van der Waals surface area (Å²) >= 11 is 11.8. The zero-order valence-corrected chi connectivity index (χ0v) is 13.9. The van der Waals surface area contributed by atoms with Gasteiger partial charge in [-0.25, -0.2) is 0 Å². The lowest BCUT2D eigenvalue weighted by Crippen LogP contribution is -2.31. The number of rotatable bonds is 8. The minimum Gasteiger partial charge on any atom is -0.484 e. The Hall–Kier alpha value is -0.730. The van der Waals surface area contributed by atoms with E-state index >= 15 is 0 Å². The molecule has 1 aromatic rings. The standard InChI is InChI=1S/C16H22Cl2O2/c1-4-6-9-16(3,5-2)15(19)11-20-14-8-7-12(17)10-13(14)18/h7-8,10H,4-6,9,11H2,1-3H3. The predicted molar refractivity (Wildman–Crippen MR) is 84.9 cm³/mol. The molecular weight excluding hydrogens is 295 g/mol. The molecule has 112 valence electrons. The summed E-state index contributed by atoms with van der Waals surface area (Å²) in [5.74, 6) is 0.623. The van der Waals surface area contributed by atoms with Gasteiger partial charge in [-0.2, -0.15) is 0 Å². The maximum Gasteiger partial charge on any atom is 0.176 e. The van der Waals surface area contributed by atoms with Gasteiger partial charge in [0, 0.05) is 10.4 Å². The van der Waals surface area contributed by atoms with Crippen LogP contribution >= 0.6 is 23.2 Å². The third-order valence-electron chi connectivity index (χ3n) is 3.79. The van der Waals surface area contributed by atoms with Crippen molar-refractivity contribution < 1.29 is 9.53 Å². The van der Waals surface area contributed by atoms with Crippen molar-refractivity contribution in [3.05, 3.63) is 28.2 Å². The van der Waals surface area contributed by atoms with Crippen molar-refractivity contribution in [1.29, 1.82) is 0 Å². The maximum absolute atomic E-state index is 12.4. The molecule has 1 unspecified atom stereocenters. The Morgan fingerprint density at radius 3 is 2.55 bits per heavy atom. The first-order chi connectivity index (χ1) is 9.42. The second-order valence-corrected chi connectivity index (χ2v) is 6.15. The van der Waals surface area contributed by atoms with Crippen LogP contribution in [0.1, 0.15) is 46.5 Å². The molecule has 0 saturated heterocycles. The molecule has 4 heteroatoms. The summed E-state index contributed by atoms with van der Waals surface area (Å²) in [7, 11) is 0. The Morgan fingerprint density at radius 1 is 1.30 bits per heavy atom. The van der Waals surface area contributed by atoms with Gasteiger partial charge in [0.1, 0.15) is 12.4 Å². The first-order valence-electron chi connectivity index (χ1n) is 7.04. The lowest BCUT2D eigenvalue weighted by molar-refractivity contribution is -0.130. The molecule has 0 bridgehead atoms. The van der Waals surface area contributed by atoms with Gasteiger partial charge in [-0.15, -0.1) is 0 Å². The minimum atomic E-state index is -0.311. The normalized spacial score (nSPS) is 13.8. The van der Waals surface area contributed by atoms with Crippen LogP contribution in [0.4, 0.5) is 0 Å². The van der Waals surface area contributed by atoms with E-state index < -0.39 is 0 Å². The Morgan fingerprint density at radius 2 is 2.00 bits per heavy atom. The van der Waals surface area contributed by atoms with Crippen LogP contribution in [0.2, 0.25) is 10.0 Å². The largest absolute Gasteiger partial charge is 0.484 e. The summed E-state index contributed by atoms with van der Waals surface area (Å²) in [6.07, 6.45) is 3.87. The van der Waals surface area contributed by atoms with Crippen LogP contribution in [0.3, 0.4) is 0 Å². The number of unbranched alkanes of at least 4 members (excludes halogenated alkanes) is 1. The number of ketones is 1. The van der Waals surface area contributed by atoms with Crippen LogP contribution in [-0.2, 0) is 4.79 Å². The molecule has 0 radical (unpaired) electrons. The second-order valence-electron chi connectivity index (χ2n) is 5.30. The van der Waals surface area contributed by atoms with E-state index in [-0.39, 0.29) is 17.8 Å².